The monoisotopic (exact) mass is 703 g/mol. The SMILES string of the molecule is c1ccc(-c2cccc(-c3cccc(-c4nc(-c5ccccc5)nc(-c5cccc6oc7ccc(-c8cccc(-c9ccccc9)c8)cc7c56)n4)c3)c2)cc1. The lowest BCUT2D eigenvalue weighted by molar-refractivity contribution is 0.669. The van der Waals surface area contributed by atoms with E-state index in [1.54, 1.807) is 0 Å². The molecule has 10 rings (SSSR count). The second kappa shape index (κ2) is 13.8. The molecule has 0 aliphatic carbocycles. The molecule has 4 heteroatoms. The zero-order valence-electron chi connectivity index (χ0n) is 29.8. The topological polar surface area (TPSA) is 51.8 Å². The van der Waals surface area contributed by atoms with Crippen LogP contribution in [0.3, 0.4) is 0 Å². The fourth-order valence-corrected chi connectivity index (χ4v) is 7.39. The third-order valence-electron chi connectivity index (χ3n) is 10.1. The van der Waals surface area contributed by atoms with Gasteiger partial charge < -0.3 is 4.42 Å². The summed E-state index contributed by atoms with van der Waals surface area (Å²) in [5, 5.41) is 1.98. The van der Waals surface area contributed by atoms with E-state index in [1.165, 1.54) is 22.3 Å². The normalized spacial score (nSPS) is 11.3. The zero-order chi connectivity index (χ0) is 36.6. The Balaban J connectivity index is 1.11. The first-order valence-corrected chi connectivity index (χ1v) is 18.4. The molecule has 0 bridgehead atoms. The van der Waals surface area contributed by atoms with Crippen molar-refractivity contribution in [2.45, 2.75) is 0 Å². The summed E-state index contributed by atoms with van der Waals surface area (Å²) in [4.78, 5) is 15.4. The molecule has 4 nitrogen and oxygen atoms in total. The molecule has 2 heterocycles. The number of benzene rings is 8. The molecule has 55 heavy (non-hydrogen) atoms. The van der Waals surface area contributed by atoms with Gasteiger partial charge in [-0.25, -0.2) is 15.0 Å². The maximum atomic E-state index is 6.46. The molecule has 258 valence electrons. The van der Waals surface area contributed by atoms with Gasteiger partial charge in [-0.1, -0.05) is 164 Å². The minimum atomic E-state index is 0.588. The second-order valence-corrected chi connectivity index (χ2v) is 13.6. The number of hydrogen-bond acceptors (Lipinski definition) is 4. The highest BCUT2D eigenvalue weighted by Gasteiger charge is 2.19. The third kappa shape index (κ3) is 6.26. The van der Waals surface area contributed by atoms with Crippen LogP contribution in [0.25, 0.3) is 101 Å². The summed E-state index contributed by atoms with van der Waals surface area (Å²) in [7, 11) is 0. The van der Waals surface area contributed by atoms with Crippen molar-refractivity contribution in [2.24, 2.45) is 0 Å². The fourth-order valence-electron chi connectivity index (χ4n) is 7.39. The molecule has 0 atom stereocenters. The fraction of sp³-hybridized carbons (Fsp3) is 0. The van der Waals surface area contributed by atoms with Crippen molar-refractivity contribution in [3.05, 3.63) is 200 Å². The Morgan fingerprint density at radius 1 is 0.273 bits per heavy atom. The molecule has 0 fully saturated rings. The van der Waals surface area contributed by atoms with Crippen molar-refractivity contribution in [1.82, 2.24) is 15.0 Å². The molecule has 0 aliphatic rings. The molecule has 0 saturated carbocycles. The summed E-state index contributed by atoms with van der Waals surface area (Å²) in [6, 6.07) is 69.4. The minimum Gasteiger partial charge on any atom is -0.456 e. The Hall–Kier alpha value is -7.43. The van der Waals surface area contributed by atoms with Gasteiger partial charge in [0.25, 0.3) is 0 Å². The summed E-state index contributed by atoms with van der Waals surface area (Å²) in [5.41, 5.74) is 13.5. The van der Waals surface area contributed by atoms with Gasteiger partial charge in [0.2, 0.25) is 0 Å². The zero-order valence-corrected chi connectivity index (χ0v) is 29.8. The second-order valence-electron chi connectivity index (χ2n) is 13.6. The number of hydrogen-bond donors (Lipinski definition) is 0. The molecule has 10 aromatic rings. The van der Waals surface area contributed by atoms with Gasteiger partial charge in [-0.2, -0.15) is 0 Å². The molecule has 0 amide bonds. The first kappa shape index (κ1) is 32.2. The predicted octanol–water partition coefficient (Wildman–Crippen LogP) is 13.4. The number of rotatable bonds is 7. The van der Waals surface area contributed by atoms with Crippen LogP contribution in [0.15, 0.2) is 205 Å². The van der Waals surface area contributed by atoms with Gasteiger partial charge >= 0.3 is 0 Å². The third-order valence-corrected chi connectivity index (χ3v) is 10.1. The molecular weight excluding hydrogens is 671 g/mol. The van der Waals surface area contributed by atoms with Crippen LogP contribution in [0.2, 0.25) is 0 Å². The molecule has 2 aromatic heterocycles. The summed E-state index contributed by atoms with van der Waals surface area (Å²) >= 11 is 0. The van der Waals surface area contributed by atoms with Gasteiger partial charge in [-0.15, -0.1) is 0 Å². The highest BCUT2D eigenvalue weighted by atomic mass is 16.3. The molecule has 0 saturated heterocycles. The maximum Gasteiger partial charge on any atom is 0.164 e. The standard InChI is InChI=1S/C51H33N3O/c1-4-14-34(15-5-1)37-20-10-22-39(30-37)41-24-12-25-43(32-41)50-52-49(36-18-8-3-9-19-36)53-51(54-50)44-26-13-27-47-48(44)45-33-42(28-29-46(45)55-47)40-23-11-21-38(31-40)35-16-6-2-7-17-35/h1-33H. The van der Waals surface area contributed by atoms with E-state index in [0.29, 0.717) is 17.5 Å². The highest BCUT2D eigenvalue weighted by molar-refractivity contribution is 6.12. The largest absolute Gasteiger partial charge is 0.456 e. The van der Waals surface area contributed by atoms with E-state index < -0.39 is 0 Å². The minimum absolute atomic E-state index is 0.588. The van der Waals surface area contributed by atoms with E-state index in [1.807, 2.05) is 54.6 Å². The van der Waals surface area contributed by atoms with Crippen molar-refractivity contribution >= 4 is 21.9 Å². The summed E-state index contributed by atoms with van der Waals surface area (Å²) in [6.45, 7) is 0. The average Bonchev–Trinajstić information content (AvgIpc) is 3.66. The number of nitrogens with zero attached hydrogens (tertiary/aromatic N) is 3. The van der Waals surface area contributed by atoms with Gasteiger partial charge in [-0.05, 0) is 80.9 Å². The summed E-state index contributed by atoms with van der Waals surface area (Å²) in [5.74, 6) is 1.80. The molecule has 0 radical (unpaired) electrons. The van der Waals surface area contributed by atoms with E-state index in [-0.39, 0.29) is 0 Å². The van der Waals surface area contributed by atoms with E-state index >= 15 is 0 Å². The summed E-state index contributed by atoms with van der Waals surface area (Å²) in [6.07, 6.45) is 0. The van der Waals surface area contributed by atoms with E-state index in [0.717, 1.165) is 60.9 Å². The number of fused-ring (bicyclic) bond motifs is 3. The van der Waals surface area contributed by atoms with Crippen molar-refractivity contribution < 1.29 is 4.42 Å². The first-order chi connectivity index (χ1) is 27.2. The van der Waals surface area contributed by atoms with Crippen LogP contribution in [0.1, 0.15) is 0 Å². The van der Waals surface area contributed by atoms with E-state index in [4.69, 9.17) is 19.4 Å². The van der Waals surface area contributed by atoms with Crippen LogP contribution >= 0.6 is 0 Å². The Labute approximate surface area is 319 Å². The number of aromatic nitrogens is 3. The van der Waals surface area contributed by atoms with Crippen LogP contribution in [0.5, 0.6) is 0 Å². The first-order valence-electron chi connectivity index (χ1n) is 18.4. The number of furan rings is 1. The van der Waals surface area contributed by atoms with Crippen molar-refractivity contribution in [1.29, 1.82) is 0 Å². The van der Waals surface area contributed by atoms with Crippen LogP contribution in [-0.4, -0.2) is 15.0 Å². The lowest BCUT2D eigenvalue weighted by atomic mass is 9.97. The quantitative estimate of drug-likeness (QED) is 0.166. The van der Waals surface area contributed by atoms with Crippen molar-refractivity contribution in [2.75, 3.05) is 0 Å². The lowest BCUT2D eigenvalue weighted by Crippen LogP contribution is -2.00. The van der Waals surface area contributed by atoms with E-state index in [2.05, 4.69) is 146 Å². The smallest absolute Gasteiger partial charge is 0.164 e. The van der Waals surface area contributed by atoms with Gasteiger partial charge in [-0.3, -0.25) is 0 Å². The van der Waals surface area contributed by atoms with Crippen LogP contribution in [0, 0.1) is 0 Å². The Morgan fingerprint density at radius 3 is 1.27 bits per heavy atom. The molecule has 0 spiro atoms. The van der Waals surface area contributed by atoms with Crippen molar-refractivity contribution in [3.8, 4) is 78.7 Å². The van der Waals surface area contributed by atoms with Crippen LogP contribution < -0.4 is 0 Å². The van der Waals surface area contributed by atoms with Gasteiger partial charge in [0.05, 0.1) is 0 Å². The van der Waals surface area contributed by atoms with Gasteiger partial charge in [0.1, 0.15) is 11.2 Å². The van der Waals surface area contributed by atoms with E-state index in [9.17, 15) is 0 Å². The van der Waals surface area contributed by atoms with Crippen molar-refractivity contribution in [3.63, 3.8) is 0 Å². The van der Waals surface area contributed by atoms with Crippen LogP contribution in [0.4, 0.5) is 0 Å². The molecular formula is C51H33N3O. The van der Waals surface area contributed by atoms with Gasteiger partial charge in [0.15, 0.2) is 17.5 Å². The van der Waals surface area contributed by atoms with Crippen LogP contribution in [-0.2, 0) is 0 Å². The Morgan fingerprint density at radius 2 is 0.691 bits per heavy atom. The highest BCUT2D eigenvalue weighted by Crippen LogP contribution is 2.39. The van der Waals surface area contributed by atoms with Gasteiger partial charge in [0, 0.05) is 27.5 Å². The molecule has 0 aliphatic heterocycles. The Kier molecular flexibility index (Phi) is 8.12. The predicted molar refractivity (Wildman–Crippen MR) is 225 cm³/mol. The lowest BCUT2D eigenvalue weighted by Gasteiger charge is -2.11. The molecule has 8 aromatic carbocycles. The molecule has 0 unspecified atom stereocenters. The molecule has 0 N–H and O–H groups in total. The maximum absolute atomic E-state index is 6.46. The Bertz CT molecular complexity index is 2970. The average molecular weight is 704 g/mol. The summed E-state index contributed by atoms with van der Waals surface area (Å²) < 4.78 is 6.46.